The van der Waals surface area contributed by atoms with E-state index in [4.69, 9.17) is 4.74 Å². The van der Waals surface area contributed by atoms with Crippen LogP contribution in [0.3, 0.4) is 0 Å². The molecule has 0 saturated heterocycles. The maximum Gasteiger partial charge on any atom is 0.169 e. The molecule has 0 spiro atoms. The van der Waals surface area contributed by atoms with Gasteiger partial charge in [-0.2, -0.15) is 0 Å². The van der Waals surface area contributed by atoms with Gasteiger partial charge in [0, 0.05) is 26.0 Å². The molecule has 1 rings (SSSR count). The lowest BCUT2D eigenvalue weighted by Crippen LogP contribution is -2.30. The van der Waals surface area contributed by atoms with Gasteiger partial charge < -0.3 is 9.30 Å². The normalized spacial score (nSPS) is 13.0. The lowest BCUT2D eigenvalue weighted by molar-refractivity contribution is -0.130. The van der Waals surface area contributed by atoms with Gasteiger partial charge in [0.25, 0.3) is 0 Å². The molecule has 0 N–H and O–H groups in total. The van der Waals surface area contributed by atoms with Crippen molar-refractivity contribution in [2.24, 2.45) is 5.92 Å². The van der Waals surface area contributed by atoms with Crippen molar-refractivity contribution in [3.05, 3.63) is 18.2 Å². The van der Waals surface area contributed by atoms with Crippen molar-refractivity contribution in [2.75, 3.05) is 7.11 Å². The number of ether oxygens (including phenoxy) is 1. The van der Waals surface area contributed by atoms with E-state index in [0.717, 1.165) is 18.8 Å². The van der Waals surface area contributed by atoms with Crippen LogP contribution in [-0.4, -0.2) is 28.5 Å². The fourth-order valence-electron chi connectivity index (χ4n) is 1.98. The Morgan fingerprint density at radius 1 is 1.53 bits per heavy atom. The maximum absolute atomic E-state index is 12.1. The highest BCUT2D eigenvalue weighted by atomic mass is 16.5. The second kappa shape index (κ2) is 6.55. The van der Waals surface area contributed by atoms with Gasteiger partial charge in [-0.05, 0) is 12.3 Å². The summed E-state index contributed by atoms with van der Waals surface area (Å²) in [5.41, 5.74) is 0. The van der Waals surface area contributed by atoms with E-state index in [1.165, 1.54) is 0 Å². The molecule has 17 heavy (non-hydrogen) atoms. The quantitative estimate of drug-likeness (QED) is 0.730. The van der Waals surface area contributed by atoms with E-state index in [1.54, 1.807) is 13.3 Å². The SMILES string of the molecule is CCCn1ccnc1CC(=O)C(OC)C(C)C. The first-order chi connectivity index (χ1) is 8.10. The monoisotopic (exact) mass is 238 g/mol. The zero-order valence-corrected chi connectivity index (χ0v) is 11.1. The molecule has 4 nitrogen and oxygen atoms in total. The Labute approximate surface area is 103 Å². The van der Waals surface area contributed by atoms with Crippen LogP contribution in [0.1, 0.15) is 33.0 Å². The molecule has 1 aromatic heterocycles. The summed E-state index contributed by atoms with van der Waals surface area (Å²) in [6, 6.07) is 0. The number of imidazole rings is 1. The predicted octanol–water partition coefficient (Wildman–Crippen LogP) is 2.08. The number of carbonyl (C=O) groups excluding carboxylic acids is 1. The van der Waals surface area contributed by atoms with Crippen molar-refractivity contribution in [3.8, 4) is 0 Å². The minimum Gasteiger partial charge on any atom is -0.373 e. The van der Waals surface area contributed by atoms with E-state index in [2.05, 4.69) is 11.9 Å². The number of Topliss-reactive ketones (excluding diaryl/α,β-unsaturated/α-hetero) is 1. The predicted molar refractivity (Wildman–Crippen MR) is 66.9 cm³/mol. The number of aryl methyl sites for hydroxylation is 1. The van der Waals surface area contributed by atoms with Gasteiger partial charge in [-0.1, -0.05) is 20.8 Å². The van der Waals surface area contributed by atoms with Crippen LogP contribution in [0.15, 0.2) is 12.4 Å². The molecule has 0 amide bonds. The van der Waals surface area contributed by atoms with Crippen LogP contribution in [0.5, 0.6) is 0 Å². The third-order valence-corrected chi connectivity index (χ3v) is 2.78. The Balaban J connectivity index is 2.69. The van der Waals surface area contributed by atoms with Crippen molar-refractivity contribution in [1.29, 1.82) is 0 Å². The molecule has 1 unspecified atom stereocenters. The zero-order valence-electron chi connectivity index (χ0n) is 11.1. The fourth-order valence-corrected chi connectivity index (χ4v) is 1.98. The Morgan fingerprint density at radius 2 is 2.24 bits per heavy atom. The minimum atomic E-state index is -0.332. The van der Waals surface area contributed by atoms with Crippen LogP contribution in [0.2, 0.25) is 0 Å². The largest absolute Gasteiger partial charge is 0.373 e. The Morgan fingerprint density at radius 3 is 2.76 bits per heavy atom. The summed E-state index contributed by atoms with van der Waals surface area (Å²) in [7, 11) is 1.58. The van der Waals surface area contributed by atoms with E-state index < -0.39 is 0 Å². The lowest BCUT2D eigenvalue weighted by atomic mass is 10.0. The minimum absolute atomic E-state index is 0.103. The topological polar surface area (TPSA) is 44.1 Å². The third kappa shape index (κ3) is 3.66. The number of carbonyl (C=O) groups is 1. The van der Waals surface area contributed by atoms with Crippen LogP contribution in [0, 0.1) is 5.92 Å². The standard InChI is InChI=1S/C13H22N2O2/c1-5-7-15-8-6-14-12(15)9-11(16)13(17-4)10(2)3/h6,8,10,13H,5,7,9H2,1-4H3. The molecule has 1 heterocycles. The Kier molecular flexibility index (Phi) is 5.35. The molecule has 0 aliphatic heterocycles. The summed E-state index contributed by atoms with van der Waals surface area (Å²) in [5.74, 6) is 1.13. The molecular formula is C13H22N2O2. The average molecular weight is 238 g/mol. The highest BCUT2D eigenvalue weighted by Crippen LogP contribution is 2.10. The fraction of sp³-hybridized carbons (Fsp3) is 0.692. The molecule has 96 valence electrons. The first kappa shape index (κ1) is 13.9. The van der Waals surface area contributed by atoms with Crippen molar-refractivity contribution in [2.45, 2.75) is 46.3 Å². The molecule has 0 saturated carbocycles. The number of hydrogen-bond donors (Lipinski definition) is 0. The van der Waals surface area contributed by atoms with Crippen LogP contribution >= 0.6 is 0 Å². The van der Waals surface area contributed by atoms with Gasteiger partial charge in [-0.25, -0.2) is 4.98 Å². The highest BCUT2D eigenvalue weighted by Gasteiger charge is 2.22. The second-order valence-corrected chi connectivity index (χ2v) is 4.58. The van der Waals surface area contributed by atoms with Gasteiger partial charge in [0.1, 0.15) is 11.9 Å². The van der Waals surface area contributed by atoms with E-state index in [0.29, 0.717) is 6.42 Å². The molecule has 0 fully saturated rings. The van der Waals surface area contributed by atoms with Crippen LogP contribution in [0.4, 0.5) is 0 Å². The van der Waals surface area contributed by atoms with E-state index >= 15 is 0 Å². The molecule has 0 radical (unpaired) electrons. The van der Waals surface area contributed by atoms with Crippen molar-refractivity contribution >= 4 is 5.78 Å². The van der Waals surface area contributed by atoms with E-state index in [9.17, 15) is 4.79 Å². The van der Waals surface area contributed by atoms with Gasteiger partial charge in [0.2, 0.25) is 0 Å². The summed E-state index contributed by atoms with van der Waals surface area (Å²) in [6.07, 6.45) is 4.72. The summed E-state index contributed by atoms with van der Waals surface area (Å²) in [4.78, 5) is 16.3. The number of hydrogen-bond acceptors (Lipinski definition) is 3. The second-order valence-electron chi connectivity index (χ2n) is 4.58. The molecule has 0 aromatic carbocycles. The zero-order chi connectivity index (χ0) is 12.8. The number of nitrogens with zero attached hydrogens (tertiary/aromatic N) is 2. The molecule has 1 aromatic rings. The van der Waals surface area contributed by atoms with Crippen LogP contribution < -0.4 is 0 Å². The summed E-state index contributed by atoms with van der Waals surface area (Å²) < 4.78 is 7.27. The third-order valence-electron chi connectivity index (χ3n) is 2.78. The molecule has 0 aliphatic rings. The Bertz CT molecular complexity index is 358. The molecule has 1 atom stereocenters. The van der Waals surface area contributed by atoms with Crippen LogP contribution in [0.25, 0.3) is 0 Å². The van der Waals surface area contributed by atoms with Crippen LogP contribution in [-0.2, 0) is 22.5 Å². The highest BCUT2D eigenvalue weighted by molar-refractivity contribution is 5.84. The van der Waals surface area contributed by atoms with Crippen molar-refractivity contribution in [1.82, 2.24) is 9.55 Å². The molecule has 0 aliphatic carbocycles. The maximum atomic E-state index is 12.1. The van der Waals surface area contributed by atoms with Gasteiger partial charge in [0.05, 0.1) is 6.42 Å². The smallest absolute Gasteiger partial charge is 0.169 e. The van der Waals surface area contributed by atoms with Gasteiger partial charge in [-0.3, -0.25) is 4.79 Å². The molecule has 4 heteroatoms. The first-order valence-corrected chi connectivity index (χ1v) is 6.15. The summed E-state index contributed by atoms with van der Waals surface area (Å²) >= 11 is 0. The molecular weight excluding hydrogens is 216 g/mol. The van der Waals surface area contributed by atoms with E-state index in [-0.39, 0.29) is 17.8 Å². The van der Waals surface area contributed by atoms with Crippen molar-refractivity contribution in [3.63, 3.8) is 0 Å². The number of methoxy groups -OCH3 is 1. The van der Waals surface area contributed by atoms with Gasteiger partial charge in [0.15, 0.2) is 5.78 Å². The van der Waals surface area contributed by atoms with Crippen molar-refractivity contribution < 1.29 is 9.53 Å². The van der Waals surface area contributed by atoms with E-state index in [1.807, 2.05) is 24.6 Å². The molecule has 0 bridgehead atoms. The van der Waals surface area contributed by atoms with Gasteiger partial charge >= 0.3 is 0 Å². The Hall–Kier alpha value is -1.16. The number of rotatable bonds is 7. The average Bonchev–Trinajstić information content (AvgIpc) is 2.66. The summed E-state index contributed by atoms with van der Waals surface area (Å²) in [5, 5.41) is 0. The first-order valence-electron chi connectivity index (χ1n) is 6.15. The van der Waals surface area contributed by atoms with Gasteiger partial charge in [-0.15, -0.1) is 0 Å². The summed E-state index contributed by atoms with van der Waals surface area (Å²) in [6.45, 7) is 6.99. The number of ketones is 1. The number of aromatic nitrogens is 2. The lowest BCUT2D eigenvalue weighted by Gasteiger charge is -2.17.